The second-order valence-electron chi connectivity index (χ2n) is 7.19. The van der Waals surface area contributed by atoms with E-state index in [1.165, 1.54) is 51.4 Å². The van der Waals surface area contributed by atoms with Crippen molar-refractivity contribution in [2.75, 3.05) is 0 Å². The summed E-state index contributed by atoms with van der Waals surface area (Å²) in [6, 6.07) is 0.512. The van der Waals surface area contributed by atoms with Crippen molar-refractivity contribution in [3.8, 4) is 0 Å². The van der Waals surface area contributed by atoms with E-state index in [1.54, 1.807) is 0 Å². The van der Waals surface area contributed by atoms with Gasteiger partial charge in [-0.25, -0.2) is 0 Å². The number of fused-ring (bicyclic) bond motifs is 1. The number of nitrogens with one attached hydrogen (secondary N) is 1. The van der Waals surface area contributed by atoms with E-state index in [1.807, 2.05) is 0 Å². The van der Waals surface area contributed by atoms with E-state index >= 15 is 0 Å². The molecule has 5 atom stereocenters. The fourth-order valence-electron chi connectivity index (χ4n) is 4.61. The Morgan fingerprint density at radius 2 is 1.83 bits per heavy atom. The minimum atomic E-state index is 0.393. The normalized spacial score (nSPS) is 46.0. The summed E-state index contributed by atoms with van der Waals surface area (Å²) < 4.78 is 0. The van der Waals surface area contributed by atoms with Crippen molar-refractivity contribution in [1.29, 1.82) is 0 Å². The molecule has 0 aromatic heterocycles. The van der Waals surface area contributed by atoms with E-state index in [-0.39, 0.29) is 0 Å². The summed E-state index contributed by atoms with van der Waals surface area (Å²) in [6.07, 6.45) is 11.1. The fourth-order valence-corrected chi connectivity index (χ4v) is 4.61. The van der Waals surface area contributed by atoms with E-state index < -0.39 is 0 Å². The zero-order valence-electron chi connectivity index (χ0n) is 12.5. The van der Waals surface area contributed by atoms with Crippen LogP contribution in [0.5, 0.6) is 0 Å². The smallest absolute Gasteiger partial charge is 0.0264 e. The Kier molecular flexibility index (Phi) is 4.71. The molecule has 0 radical (unpaired) electrons. The van der Waals surface area contributed by atoms with Gasteiger partial charge in [0.25, 0.3) is 0 Å². The molecular weight excluding hydrogens is 220 g/mol. The van der Waals surface area contributed by atoms with Gasteiger partial charge in [-0.15, -0.1) is 0 Å². The number of hydrazine groups is 1. The average Bonchev–Trinajstić information content (AvgIpc) is 2.36. The Morgan fingerprint density at radius 3 is 2.44 bits per heavy atom. The van der Waals surface area contributed by atoms with Crippen LogP contribution >= 0.6 is 0 Å². The summed E-state index contributed by atoms with van der Waals surface area (Å²) in [5, 5.41) is 0. The summed E-state index contributed by atoms with van der Waals surface area (Å²) in [4.78, 5) is 0. The first-order valence-corrected chi connectivity index (χ1v) is 8.07. The van der Waals surface area contributed by atoms with Gasteiger partial charge in [0.2, 0.25) is 0 Å². The molecular formula is C16H32N2. The van der Waals surface area contributed by atoms with Gasteiger partial charge in [-0.2, -0.15) is 0 Å². The van der Waals surface area contributed by atoms with Gasteiger partial charge in [-0.05, 0) is 42.4 Å². The lowest BCUT2D eigenvalue weighted by Gasteiger charge is -2.47. The molecule has 0 spiro atoms. The SMILES string of the molecule is CCC1(C)CC2C(C)CCCC2CCCC1NN. The molecule has 2 nitrogen and oxygen atoms in total. The van der Waals surface area contributed by atoms with Gasteiger partial charge in [0, 0.05) is 6.04 Å². The molecule has 2 saturated carbocycles. The van der Waals surface area contributed by atoms with Crippen LogP contribution in [0.1, 0.15) is 72.1 Å². The third-order valence-electron chi connectivity index (χ3n) is 6.19. The highest BCUT2D eigenvalue weighted by atomic mass is 15.2. The Labute approximate surface area is 113 Å². The molecule has 2 rings (SSSR count). The van der Waals surface area contributed by atoms with Crippen LogP contribution in [0.3, 0.4) is 0 Å². The largest absolute Gasteiger partial charge is 0.271 e. The molecule has 2 aliphatic rings. The molecule has 106 valence electrons. The van der Waals surface area contributed by atoms with E-state index in [9.17, 15) is 0 Å². The van der Waals surface area contributed by atoms with Crippen molar-refractivity contribution in [2.45, 2.75) is 78.2 Å². The van der Waals surface area contributed by atoms with Crippen molar-refractivity contribution >= 4 is 0 Å². The van der Waals surface area contributed by atoms with E-state index in [2.05, 4.69) is 26.2 Å². The van der Waals surface area contributed by atoms with Crippen molar-refractivity contribution < 1.29 is 0 Å². The molecule has 18 heavy (non-hydrogen) atoms. The van der Waals surface area contributed by atoms with Gasteiger partial charge < -0.3 is 0 Å². The third kappa shape index (κ3) is 2.75. The summed E-state index contributed by atoms with van der Waals surface area (Å²) in [5.74, 6) is 8.69. The second-order valence-corrected chi connectivity index (χ2v) is 7.19. The second kappa shape index (κ2) is 5.92. The highest BCUT2D eigenvalue weighted by Gasteiger charge is 2.41. The molecule has 0 aromatic carbocycles. The quantitative estimate of drug-likeness (QED) is 0.578. The molecule has 2 heteroatoms. The fraction of sp³-hybridized carbons (Fsp3) is 1.00. The topological polar surface area (TPSA) is 38.0 Å². The molecule has 0 saturated heterocycles. The first-order chi connectivity index (χ1) is 8.60. The van der Waals surface area contributed by atoms with Gasteiger partial charge >= 0.3 is 0 Å². The predicted molar refractivity (Wildman–Crippen MR) is 78.0 cm³/mol. The molecule has 0 heterocycles. The molecule has 5 unspecified atom stereocenters. The standard InChI is InChI=1S/C16H32N2/c1-4-16(3)11-14-12(2)7-5-8-13(14)9-6-10-15(16)18-17/h12-15,18H,4-11,17H2,1-3H3. The molecule has 2 fully saturated rings. The lowest BCUT2D eigenvalue weighted by atomic mass is 9.60. The Balaban J connectivity index is 2.17. The minimum Gasteiger partial charge on any atom is -0.271 e. The Bertz CT molecular complexity index is 266. The van der Waals surface area contributed by atoms with Gasteiger partial charge in [0.15, 0.2) is 0 Å². The van der Waals surface area contributed by atoms with E-state index in [0.29, 0.717) is 11.5 Å². The first kappa shape index (κ1) is 14.3. The predicted octanol–water partition coefficient (Wildman–Crippen LogP) is 3.86. The maximum Gasteiger partial charge on any atom is 0.0264 e. The van der Waals surface area contributed by atoms with Crippen LogP contribution in [0.15, 0.2) is 0 Å². The van der Waals surface area contributed by atoms with E-state index in [0.717, 1.165) is 17.8 Å². The lowest BCUT2D eigenvalue weighted by molar-refractivity contribution is 0.0466. The lowest BCUT2D eigenvalue weighted by Crippen LogP contribution is -2.50. The first-order valence-electron chi connectivity index (χ1n) is 8.07. The van der Waals surface area contributed by atoms with Crippen LogP contribution in [0.25, 0.3) is 0 Å². The summed E-state index contributed by atoms with van der Waals surface area (Å²) in [6.45, 7) is 7.29. The van der Waals surface area contributed by atoms with Crippen molar-refractivity contribution in [1.82, 2.24) is 5.43 Å². The Hall–Kier alpha value is -0.0800. The van der Waals surface area contributed by atoms with Crippen LogP contribution in [0.4, 0.5) is 0 Å². The average molecular weight is 252 g/mol. The number of nitrogens with two attached hydrogens (primary N) is 1. The van der Waals surface area contributed by atoms with Gasteiger partial charge in [0.1, 0.15) is 0 Å². The third-order valence-corrected chi connectivity index (χ3v) is 6.19. The van der Waals surface area contributed by atoms with E-state index in [4.69, 9.17) is 5.84 Å². The number of hydrogen-bond donors (Lipinski definition) is 2. The highest BCUT2D eigenvalue weighted by Crippen LogP contribution is 2.48. The van der Waals surface area contributed by atoms with Crippen molar-refractivity contribution in [3.63, 3.8) is 0 Å². The zero-order chi connectivity index (χ0) is 13.2. The Morgan fingerprint density at radius 1 is 1.17 bits per heavy atom. The molecule has 0 amide bonds. The van der Waals surface area contributed by atoms with Crippen molar-refractivity contribution in [2.24, 2.45) is 29.0 Å². The van der Waals surface area contributed by atoms with Crippen molar-refractivity contribution in [3.05, 3.63) is 0 Å². The summed E-state index contributed by atoms with van der Waals surface area (Å²) >= 11 is 0. The number of rotatable bonds is 2. The summed E-state index contributed by atoms with van der Waals surface area (Å²) in [5.41, 5.74) is 3.52. The number of hydrogen-bond acceptors (Lipinski definition) is 2. The van der Waals surface area contributed by atoms with Gasteiger partial charge in [-0.3, -0.25) is 11.3 Å². The van der Waals surface area contributed by atoms with Gasteiger partial charge in [-0.1, -0.05) is 52.9 Å². The summed E-state index contributed by atoms with van der Waals surface area (Å²) in [7, 11) is 0. The van der Waals surface area contributed by atoms with Crippen LogP contribution in [-0.4, -0.2) is 6.04 Å². The minimum absolute atomic E-state index is 0.393. The van der Waals surface area contributed by atoms with Crippen LogP contribution in [0, 0.1) is 23.2 Å². The zero-order valence-corrected chi connectivity index (χ0v) is 12.5. The maximum atomic E-state index is 5.83. The molecule has 2 aliphatic carbocycles. The maximum absolute atomic E-state index is 5.83. The molecule has 3 N–H and O–H groups in total. The highest BCUT2D eigenvalue weighted by molar-refractivity contribution is 4.93. The molecule has 0 aromatic rings. The van der Waals surface area contributed by atoms with Gasteiger partial charge in [0.05, 0.1) is 0 Å². The monoisotopic (exact) mass is 252 g/mol. The molecule has 0 bridgehead atoms. The van der Waals surface area contributed by atoms with Crippen LogP contribution in [-0.2, 0) is 0 Å². The van der Waals surface area contributed by atoms with Crippen LogP contribution < -0.4 is 11.3 Å². The van der Waals surface area contributed by atoms with Crippen LogP contribution in [0.2, 0.25) is 0 Å². The molecule has 0 aliphatic heterocycles.